The van der Waals surface area contributed by atoms with Crippen LogP contribution in [0.3, 0.4) is 0 Å². The van der Waals surface area contributed by atoms with Crippen molar-refractivity contribution in [2.45, 2.75) is 26.1 Å². The number of carboxylic acid groups (broad SMARTS) is 1. The van der Waals surface area contributed by atoms with Gasteiger partial charge in [0.15, 0.2) is 5.76 Å². The van der Waals surface area contributed by atoms with Crippen molar-refractivity contribution in [1.82, 2.24) is 10.3 Å². The first-order chi connectivity index (χ1) is 16.8. The fourth-order valence-corrected chi connectivity index (χ4v) is 3.25. The average Bonchev–Trinajstić information content (AvgIpc) is 3.28. The summed E-state index contributed by atoms with van der Waals surface area (Å²) < 4.78 is 43.7. The lowest BCUT2D eigenvalue weighted by atomic mass is 10.1. The molecule has 13 heteroatoms. The Kier molecular flexibility index (Phi) is 7.88. The molecule has 0 aliphatic carbocycles. The van der Waals surface area contributed by atoms with E-state index >= 15 is 0 Å². The quantitative estimate of drug-likeness (QED) is 0.322. The smallest absolute Gasteiger partial charge is 0.416 e. The highest BCUT2D eigenvalue weighted by atomic mass is 35.5. The Labute approximate surface area is 207 Å². The van der Waals surface area contributed by atoms with Crippen molar-refractivity contribution in [2.24, 2.45) is 5.92 Å². The Bertz CT molecular complexity index is 1280. The predicted molar refractivity (Wildman–Crippen MR) is 125 cm³/mol. The largest absolute Gasteiger partial charge is 0.480 e. The summed E-state index contributed by atoms with van der Waals surface area (Å²) >= 11 is 5.84. The second-order valence-corrected chi connectivity index (χ2v) is 8.32. The highest BCUT2D eigenvalue weighted by Gasteiger charge is 2.31. The molecule has 3 aromatic rings. The summed E-state index contributed by atoms with van der Waals surface area (Å²) in [5.41, 5.74) is -0.0903. The van der Waals surface area contributed by atoms with Crippen molar-refractivity contribution in [1.29, 1.82) is 0 Å². The summed E-state index contributed by atoms with van der Waals surface area (Å²) in [7, 11) is 0. The number of hydrogen-bond acceptors (Lipinski definition) is 5. The van der Waals surface area contributed by atoms with Gasteiger partial charge in [-0.05, 0) is 48.4 Å². The lowest BCUT2D eigenvalue weighted by molar-refractivity contribution is -0.140. The lowest BCUT2D eigenvalue weighted by Gasteiger charge is -2.16. The topological polar surface area (TPSA) is 134 Å². The standard InChI is InChI=1S/C23H20ClF3N4O5/c1-11(2)18(21(33)34)31-19(32)20-28-10-17(36-20)12-3-6-14(7-4-12)29-22(35)30-16-8-5-13(9-15(16)24)23(25,26)27/h3-11,18H,1-2H3,(H,31,32)(H,33,34)(H2,29,30,35)/t18-/m0/s1. The minimum absolute atomic E-state index is 0.00569. The zero-order chi connectivity index (χ0) is 26.6. The van der Waals surface area contributed by atoms with Gasteiger partial charge in [-0.25, -0.2) is 14.6 Å². The summed E-state index contributed by atoms with van der Waals surface area (Å²) in [4.78, 5) is 39.6. The number of urea groups is 1. The molecule has 36 heavy (non-hydrogen) atoms. The first kappa shape index (κ1) is 26.5. The molecule has 2 aromatic carbocycles. The van der Waals surface area contributed by atoms with Gasteiger partial charge in [-0.3, -0.25) is 4.79 Å². The van der Waals surface area contributed by atoms with Crippen LogP contribution < -0.4 is 16.0 Å². The molecule has 9 nitrogen and oxygen atoms in total. The van der Waals surface area contributed by atoms with Crippen molar-refractivity contribution in [3.8, 4) is 11.3 Å². The molecule has 1 heterocycles. The van der Waals surface area contributed by atoms with E-state index in [0.29, 0.717) is 17.3 Å². The summed E-state index contributed by atoms with van der Waals surface area (Å²) in [5, 5.41) is 16.1. The number of carbonyl (C=O) groups is 3. The lowest BCUT2D eigenvalue weighted by Crippen LogP contribution is -2.44. The van der Waals surface area contributed by atoms with Crippen LogP contribution in [0.25, 0.3) is 11.3 Å². The third kappa shape index (κ3) is 6.54. The first-order valence-electron chi connectivity index (χ1n) is 10.4. The summed E-state index contributed by atoms with van der Waals surface area (Å²) in [6, 6.07) is 6.88. The maximum absolute atomic E-state index is 12.7. The van der Waals surface area contributed by atoms with Gasteiger partial charge in [0, 0.05) is 11.3 Å². The molecule has 0 fully saturated rings. The number of rotatable bonds is 7. The van der Waals surface area contributed by atoms with E-state index in [1.54, 1.807) is 26.0 Å². The highest BCUT2D eigenvalue weighted by molar-refractivity contribution is 6.33. The number of nitrogens with one attached hydrogen (secondary N) is 3. The summed E-state index contributed by atoms with van der Waals surface area (Å²) in [6.45, 7) is 3.29. The van der Waals surface area contributed by atoms with Gasteiger partial charge >= 0.3 is 24.1 Å². The molecule has 190 valence electrons. The Morgan fingerprint density at radius 3 is 2.28 bits per heavy atom. The van der Waals surface area contributed by atoms with Crippen molar-refractivity contribution in [3.05, 3.63) is 65.1 Å². The Balaban J connectivity index is 1.63. The molecule has 0 aliphatic rings. The molecule has 0 unspecified atom stereocenters. The number of amides is 3. The number of nitrogens with zero attached hydrogens (tertiary/aromatic N) is 1. The fourth-order valence-electron chi connectivity index (χ4n) is 3.02. The summed E-state index contributed by atoms with van der Waals surface area (Å²) in [5.74, 6) is -2.40. The normalized spacial score (nSPS) is 12.2. The van der Waals surface area contributed by atoms with Gasteiger partial charge < -0.3 is 25.5 Å². The number of carboxylic acids is 1. The van der Waals surface area contributed by atoms with Crippen molar-refractivity contribution < 1.29 is 37.1 Å². The first-order valence-corrected chi connectivity index (χ1v) is 10.8. The van der Waals surface area contributed by atoms with Crippen LogP contribution in [0.5, 0.6) is 0 Å². The van der Waals surface area contributed by atoms with Crippen LogP contribution in [-0.4, -0.2) is 34.0 Å². The third-order valence-corrected chi connectivity index (χ3v) is 5.20. The maximum atomic E-state index is 12.7. The van der Waals surface area contributed by atoms with E-state index in [4.69, 9.17) is 16.0 Å². The minimum atomic E-state index is -4.56. The molecular weight excluding hydrogens is 505 g/mol. The van der Waals surface area contributed by atoms with Crippen LogP contribution in [0.1, 0.15) is 30.1 Å². The molecule has 0 radical (unpaired) electrons. The van der Waals surface area contributed by atoms with Gasteiger partial charge in [-0.15, -0.1) is 0 Å². The Morgan fingerprint density at radius 1 is 1.06 bits per heavy atom. The molecule has 0 spiro atoms. The number of aliphatic carboxylic acids is 1. The second kappa shape index (κ2) is 10.7. The second-order valence-electron chi connectivity index (χ2n) is 7.91. The van der Waals surface area contributed by atoms with Crippen LogP contribution in [0.15, 0.2) is 53.1 Å². The third-order valence-electron chi connectivity index (χ3n) is 4.89. The van der Waals surface area contributed by atoms with Gasteiger partial charge in [0.1, 0.15) is 6.04 Å². The molecule has 3 rings (SSSR count). The fraction of sp³-hybridized carbons (Fsp3) is 0.217. The monoisotopic (exact) mass is 524 g/mol. The average molecular weight is 525 g/mol. The summed E-state index contributed by atoms with van der Waals surface area (Å²) in [6.07, 6.45) is -3.27. The van der Waals surface area contributed by atoms with Crippen LogP contribution in [0, 0.1) is 5.92 Å². The molecule has 0 saturated carbocycles. The van der Waals surface area contributed by atoms with Crippen LogP contribution in [-0.2, 0) is 11.0 Å². The van der Waals surface area contributed by atoms with Gasteiger partial charge in [-0.1, -0.05) is 25.4 Å². The number of oxazole rings is 1. The van der Waals surface area contributed by atoms with Crippen LogP contribution in [0.4, 0.5) is 29.3 Å². The van der Waals surface area contributed by atoms with Crippen LogP contribution >= 0.6 is 11.6 Å². The van der Waals surface area contributed by atoms with E-state index < -0.39 is 35.7 Å². The molecule has 0 bridgehead atoms. The van der Waals surface area contributed by atoms with E-state index in [1.807, 2.05) is 0 Å². The molecular formula is C23H20ClF3N4O5. The molecule has 4 N–H and O–H groups in total. The van der Waals surface area contributed by atoms with E-state index in [-0.39, 0.29) is 28.3 Å². The van der Waals surface area contributed by atoms with E-state index in [9.17, 15) is 32.7 Å². The molecule has 0 saturated heterocycles. The number of anilines is 2. The number of halogens is 4. The van der Waals surface area contributed by atoms with Crippen molar-refractivity contribution in [3.63, 3.8) is 0 Å². The van der Waals surface area contributed by atoms with Gasteiger partial charge in [0.25, 0.3) is 5.89 Å². The number of hydrogen-bond donors (Lipinski definition) is 4. The molecule has 1 aromatic heterocycles. The molecule has 0 aliphatic heterocycles. The van der Waals surface area contributed by atoms with Gasteiger partial charge in [-0.2, -0.15) is 13.2 Å². The predicted octanol–water partition coefficient (Wildman–Crippen LogP) is 5.50. The number of benzene rings is 2. The van der Waals surface area contributed by atoms with E-state index in [1.165, 1.54) is 18.3 Å². The molecule has 3 amide bonds. The van der Waals surface area contributed by atoms with E-state index in [0.717, 1.165) is 12.1 Å². The van der Waals surface area contributed by atoms with Crippen molar-refractivity contribution in [2.75, 3.05) is 10.6 Å². The van der Waals surface area contributed by atoms with Gasteiger partial charge in [0.2, 0.25) is 0 Å². The zero-order valence-corrected chi connectivity index (χ0v) is 19.6. The van der Waals surface area contributed by atoms with E-state index in [2.05, 4.69) is 20.9 Å². The maximum Gasteiger partial charge on any atom is 0.416 e. The number of alkyl halides is 3. The number of carbonyl (C=O) groups excluding carboxylic acids is 2. The van der Waals surface area contributed by atoms with Gasteiger partial charge in [0.05, 0.1) is 22.5 Å². The zero-order valence-electron chi connectivity index (χ0n) is 18.8. The highest BCUT2D eigenvalue weighted by Crippen LogP contribution is 2.33. The van der Waals surface area contributed by atoms with Crippen LogP contribution in [0.2, 0.25) is 5.02 Å². The minimum Gasteiger partial charge on any atom is -0.480 e. The Morgan fingerprint density at radius 2 is 1.72 bits per heavy atom. The van der Waals surface area contributed by atoms with Crippen molar-refractivity contribution >= 4 is 40.9 Å². The Hall–Kier alpha value is -4.06. The number of aromatic nitrogens is 1. The molecule has 1 atom stereocenters. The SMILES string of the molecule is CC(C)[C@H](NC(=O)c1ncc(-c2ccc(NC(=O)Nc3ccc(C(F)(F)F)cc3Cl)cc2)o1)C(=O)O.